The van der Waals surface area contributed by atoms with Crippen molar-refractivity contribution < 1.29 is 14.3 Å². The van der Waals surface area contributed by atoms with Gasteiger partial charge in [0.2, 0.25) is 5.91 Å². The van der Waals surface area contributed by atoms with Gasteiger partial charge in [0.1, 0.15) is 5.82 Å². The van der Waals surface area contributed by atoms with Crippen LogP contribution in [0.5, 0.6) is 0 Å². The normalized spacial score (nSPS) is 10.6. The van der Waals surface area contributed by atoms with E-state index in [9.17, 15) is 9.59 Å². The van der Waals surface area contributed by atoms with Crippen LogP contribution in [0.4, 0.5) is 5.69 Å². The molecule has 0 spiro atoms. The molecule has 0 saturated carbocycles. The Balaban J connectivity index is 1.52. The van der Waals surface area contributed by atoms with Crippen LogP contribution in [-0.2, 0) is 27.6 Å². The first-order valence-corrected chi connectivity index (χ1v) is 12.6. The van der Waals surface area contributed by atoms with Gasteiger partial charge in [0.25, 0.3) is 0 Å². The fourth-order valence-electron chi connectivity index (χ4n) is 2.91. The number of allylic oxidation sites excluding steroid dienone is 1. The van der Waals surface area contributed by atoms with Crippen LogP contribution in [0.25, 0.3) is 0 Å². The standard InChI is InChI=1S/C24H26N4O3S2/c1-3-14-28-21(16-32-15-18-8-6-5-7-9-18)26-27-24(28)33-17-22(29)25-20-12-10-19(11-13-20)23(30)31-4-2/h3,5-13H,1,4,14-17H2,2H3,(H,25,29). The van der Waals surface area contributed by atoms with Gasteiger partial charge in [0, 0.05) is 18.0 Å². The van der Waals surface area contributed by atoms with Gasteiger partial charge in [0.15, 0.2) is 5.16 Å². The molecule has 3 aromatic rings. The summed E-state index contributed by atoms with van der Waals surface area (Å²) in [5, 5.41) is 12.1. The lowest BCUT2D eigenvalue weighted by atomic mass is 10.2. The van der Waals surface area contributed by atoms with Gasteiger partial charge in [-0.15, -0.1) is 28.5 Å². The second-order valence-corrected chi connectivity index (χ2v) is 8.84. The van der Waals surface area contributed by atoms with Crippen molar-refractivity contribution in [2.24, 2.45) is 0 Å². The average Bonchev–Trinajstić information content (AvgIpc) is 3.21. The summed E-state index contributed by atoms with van der Waals surface area (Å²) in [6.07, 6.45) is 1.80. The number of rotatable bonds is 12. The third-order valence-electron chi connectivity index (χ3n) is 4.46. The summed E-state index contributed by atoms with van der Waals surface area (Å²) in [5.74, 6) is 2.10. The van der Waals surface area contributed by atoms with Crippen LogP contribution in [0.15, 0.2) is 72.4 Å². The van der Waals surface area contributed by atoms with E-state index in [1.807, 2.05) is 22.8 Å². The molecule has 0 fully saturated rings. The van der Waals surface area contributed by atoms with E-state index in [1.54, 1.807) is 49.0 Å². The molecule has 0 bridgehead atoms. The van der Waals surface area contributed by atoms with Crippen molar-refractivity contribution in [3.63, 3.8) is 0 Å². The summed E-state index contributed by atoms with van der Waals surface area (Å²) in [4.78, 5) is 24.1. The zero-order valence-electron chi connectivity index (χ0n) is 18.4. The Bertz CT molecular complexity index is 1070. The molecular weight excluding hydrogens is 456 g/mol. The van der Waals surface area contributed by atoms with Crippen LogP contribution in [0.1, 0.15) is 28.7 Å². The summed E-state index contributed by atoms with van der Waals surface area (Å²) in [7, 11) is 0. The quantitative estimate of drug-likeness (QED) is 0.225. The molecule has 33 heavy (non-hydrogen) atoms. The van der Waals surface area contributed by atoms with Crippen LogP contribution in [0.3, 0.4) is 0 Å². The number of hydrogen-bond acceptors (Lipinski definition) is 7. The third-order valence-corrected chi connectivity index (χ3v) is 6.43. The lowest BCUT2D eigenvalue weighted by molar-refractivity contribution is -0.113. The molecule has 1 N–H and O–H groups in total. The molecule has 9 heteroatoms. The van der Waals surface area contributed by atoms with E-state index in [1.165, 1.54) is 17.3 Å². The first-order valence-electron chi connectivity index (χ1n) is 10.4. The number of hydrogen-bond donors (Lipinski definition) is 1. The zero-order chi connectivity index (χ0) is 23.5. The molecule has 1 aromatic heterocycles. The van der Waals surface area contributed by atoms with Crippen molar-refractivity contribution in [3.8, 4) is 0 Å². The Morgan fingerprint density at radius 3 is 2.55 bits per heavy atom. The Morgan fingerprint density at radius 2 is 1.85 bits per heavy atom. The van der Waals surface area contributed by atoms with Crippen molar-refractivity contribution >= 4 is 41.1 Å². The highest BCUT2D eigenvalue weighted by Gasteiger charge is 2.14. The van der Waals surface area contributed by atoms with E-state index in [0.29, 0.717) is 29.6 Å². The number of benzene rings is 2. The number of carbonyl (C=O) groups excluding carboxylic acids is 2. The molecule has 1 amide bonds. The van der Waals surface area contributed by atoms with Gasteiger partial charge in [-0.1, -0.05) is 48.2 Å². The Kier molecular flexibility index (Phi) is 9.59. The highest BCUT2D eigenvalue weighted by Crippen LogP contribution is 2.22. The molecular formula is C24H26N4O3S2. The van der Waals surface area contributed by atoms with Gasteiger partial charge >= 0.3 is 5.97 Å². The van der Waals surface area contributed by atoms with Crippen LogP contribution in [-0.4, -0.2) is 39.0 Å². The molecule has 0 aliphatic carbocycles. The number of esters is 1. The number of nitrogens with one attached hydrogen (secondary N) is 1. The highest BCUT2D eigenvalue weighted by atomic mass is 32.2. The van der Waals surface area contributed by atoms with E-state index in [2.05, 4.69) is 34.2 Å². The Hall–Kier alpha value is -3.04. The summed E-state index contributed by atoms with van der Waals surface area (Å²) < 4.78 is 6.95. The molecule has 7 nitrogen and oxygen atoms in total. The van der Waals surface area contributed by atoms with Gasteiger partial charge in [0.05, 0.1) is 23.7 Å². The van der Waals surface area contributed by atoms with Crippen molar-refractivity contribution in [3.05, 3.63) is 84.2 Å². The van der Waals surface area contributed by atoms with Gasteiger partial charge in [-0.25, -0.2) is 4.79 Å². The summed E-state index contributed by atoms with van der Waals surface area (Å²) in [6, 6.07) is 16.9. The number of anilines is 1. The van der Waals surface area contributed by atoms with Crippen LogP contribution >= 0.6 is 23.5 Å². The second kappa shape index (κ2) is 12.9. The lowest BCUT2D eigenvalue weighted by Crippen LogP contribution is -2.15. The third kappa shape index (κ3) is 7.50. The Labute approximate surface area is 202 Å². The summed E-state index contributed by atoms with van der Waals surface area (Å²) >= 11 is 3.09. The van der Waals surface area contributed by atoms with E-state index in [4.69, 9.17) is 4.74 Å². The Morgan fingerprint density at radius 1 is 1.09 bits per heavy atom. The molecule has 0 aliphatic rings. The molecule has 0 saturated heterocycles. The fourth-order valence-corrected chi connectivity index (χ4v) is 4.60. The molecule has 0 unspecified atom stereocenters. The predicted molar refractivity (Wildman–Crippen MR) is 133 cm³/mol. The molecule has 2 aromatic carbocycles. The minimum absolute atomic E-state index is 0.169. The molecule has 3 rings (SSSR count). The highest BCUT2D eigenvalue weighted by molar-refractivity contribution is 7.99. The van der Waals surface area contributed by atoms with Gasteiger partial charge < -0.3 is 14.6 Å². The number of carbonyl (C=O) groups is 2. The van der Waals surface area contributed by atoms with E-state index < -0.39 is 0 Å². The smallest absolute Gasteiger partial charge is 0.338 e. The monoisotopic (exact) mass is 482 g/mol. The SMILES string of the molecule is C=CCn1c(CSCc2ccccc2)nnc1SCC(=O)Nc1ccc(C(=O)OCC)cc1. The number of nitrogens with zero attached hydrogens (tertiary/aromatic N) is 3. The van der Waals surface area contributed by atoms with E-state index >= 15 is 0 Å². The molecule has 172 valence electrons. The van der Waals surface area contributed by atoms with Crippen molar-refractivity contribution in [2.75, 3.05) is 17.7 Å². The van der Waals surface area contributed by atoms with Crippen molar-refractivity contribution in [1.82, 2.24) is 14.8 Å². The fraction of sp³-hybridized carbons (Fsp3) is 0.250. The largest absolute Gasteiger partial charge is 0.462 e. The zero-order valence-corrected chi connectivity index (χ0v) is 20.0. The van der Waals surface area contributed by atoms with Crippen molar-refractivity contribution in [2.45, 2.75) is 30.1 Å². The maximum absolute atomic E-state index is 12.4. The molecule has 0 aliphatic heterocycles. The van der Waals surface area contributed by atoms with Gasteiger partial charge in [-0.3, -0.25) is 4.79 Å². The second-order valence-electron chi connectivity index (χ2n) is 6.91. The number of ether oxygens (including phenoxy) is 1. The number of thioether (sulfide) groups is 2. The van der Waals surface area contributed by atoms with E-state index in [0.717, 1.165) is 17.3 Å². The van der Waals surface area contributed by atoms with Gasteiger partial charge in [-0.2, -0.15) is 0 Å². The average molecular weight is 483 g/mol. The molecule has 0 atom stereocenters. The lowest BCUT2D eigenvalue weighted by Gasteiger charge is -2.09. The van der Waals surface area contributed by atoms with Crippen LogP contribution < -0.4 is 5.32 Å². The first-order chi connectivity index (χ1) is 16.1. The van der Waals surface area contributed by atoms with E-state index in [-0.39, 0.29) is 17.6 Å². The minimum atomic E-state index is -0.384. The minimum Gasteiger partial charge on any atom is -0.462 e. The maximum Gasteiger partial charge on any atom is 0.338 e. The van der Waals surface area contributed by atoms with Crippen molar-refractivity contribution in [1.29, 1.82) is 0 Å². The maximum atomic E-state index is 12.4. The molecule has 0 radical (unpaired) electrons. The summed E-state index contributed by atoms with van der Waals surface area (Å²) in [6.45, 7) is 6.47. The predicted octanol–water partition coefficient (Wildman–Crippen LogP) is 4.81. The molecule has 1 heterocycles. The topological polar surface area (TPSA) is 86.1 Å². The summed E-state index contributed by atoms with van der Waals surface area (Å²) in [5.41, 5.74) is 2.32. The van der Waals surface area contributed by atoms with Crippen LogP contribution in [0.2, 0.25) is 0 Å². The van der Waals surface area contributed by atoms with Gasteiger partial charge in [-0.05, 0) is 36.8 Å². The number of aromatic nitrogens is 3. The number of amides is 1. The van der Waals surface area contributed by atoms with Crippen LogP contribution in [0, 0.1) is 0 Å². The first kappa shape index (κ1) is 24.6.